The number of nitrogens with zero attached hydrogens (tertiary/aromatic N) is 1. The van der Waals surface area contributed by atoms with Crippen LogP contribution in [0.3, 0.4) is 0 Å². The highest BCUT2D eigenvalue weighted by Gasteiger charge is 2.34. The molecule has 0 aliphatic carbocycles. The Morgan fingerprint density at radius 2 is 1.69 bits per heavy atom. The fourth-order valence-corrected chi connectivity index (χ4v) is 5.00. The minimum absolute atomic E-state index is 0.0424. The molecule has 0 saturated carbocycles. The number of amides is 1. The topological polar surface area (TPSA) is 104 Å². The highest BCUT2D eigenvalue weighted by Crippen LogP contribution is 2.24. The number of benzene rings is 2. The van der Waals surface area contributed by atoms with Crippen LogP contribution < -0.4 is 5.32 Å². The molecule has 0 bridgehead atoms. The van der Waals surface area contributed by atoms with Gasteiger partial charge >= 0.3 is 5.97 Å². The van der Waals surface area contributed by atoms with Gasteiger partial charge in [0.1, 0.15) is 6.04 Å². The molecule has 3 rings (SSSR count). The molecule has 0 aromatic heterocycles. The lowest BCUT2D eigenvalue weighted by molar-refractivity contribution is -0.142. The monoisotopic (exact) mass is 416 g/mol. The van der Waals surface area contributed by atoms with Gasteiger partial charge in [-0.15, -0.1) is 0 Å². The fourth-order valence-electron chi connectivity index (χ4n) is 3.46. The van der Waals surface area contributed by atoms with Crippen molar-refractivity contribution < 1.29 is 23.1 Å². The van der Waals surface area contributed by atoms with Gasteiger partial charge in [0.15, 0.2) is 0 Å². The highest BCUT2D eigenvalue weighted by molar-refractivity contribution is 7.89. The molecular weight excluding hydrogens is 392 g/mol. The zero-order valence-electron chi connectivity index (χ0n) is 15.9. The molecule has 1 aliphatic rings. The molecule has 7 nitrogen and oxygen atoms in total. The summed E-state index contributed by atoms with van der Waals surface area (Å²) in [6.07, 6.45) is 1.23. The van der Waals surface area contributed by atoms with Gasteiger partial charge in [0.05, 0.1) is 10.8 Å². The standard InChI is InChI=1S/C21H24N2O5S/c24-20(22-19(21(25)26)14-16-8-3-1-4-9-16)17-10-7-13-23(15-17)29(27,28)18-11-5-2-6-12-18/h1-6,8-9,11-12,17,19H,7,10,13-15H2,(H,22,24)(H,25,26)/t17?,19-/m0/s1. The average Bonchev–Trinajstić information content (AvgIpc) is 2.74. The number of nitrogens with one attached hydrogen (secondary N) is 1. The second kappa shape index (κ2) is 9.19. The molecule has 29 heavy (non-hydrogen) atoms. The van der Waals surface area contributed by atoms with Crippen molar-refractivity contribution in [2.24, 2.45) is 5.92 Å². The summed E-state index contributed by atoms with van der Waals surface area (Å²) in [5.74, 6) is -2.13. The maximum atomic E-state index is 12.8. The molecule has 154 valence electrons. The lowest BCUT2D eigenvalue weighted by Gasteiger charge is -2.31. The van der Waals surface area contributed by atoms with Crippen LogP contribution in [0.5, 0.6) is 0 Å². The van der Waals surface area contributed by atoms with E-state index >= 15 is 0 Å². The predicted octanol–water partition coefficient (Wildman–Crippen LogP) is 1.90. The molecule has 8 heteroatoms. The van der Waals surface area contributed by atoms with Crippen LogP contribution in [-0.4, -0.2) is 48.8 Å². The molecule has 1 saturated heterocycles. The second-order valence-electron chi connectivity index (χ2n) is 7.10. The van der Waals surface area contributed by atoms with Gasteiger partial charge in [-0.05, 0) is 30.5 Å². The van der Waals surface area contributed by atoms with E-state index in [0.29, 0.717) is 19.4 Å². The Labute approximate surface area is 170 Å². The molecule has 2 aromatic carbocycles. The van der Waals surface area contributed by atoms with E-state index in [1.54, 1.807) is 30.3 Å². The Hall–Kier alpha value is -2.71. The van der Waals surface area contributed by atoms with E-state index in [-0.39, 0.29) is 17.9 Å². The van der Waals surface area contributed by atoms with Gasteiger partial charge in [0.25, 0.3) is 0 Å². The molecule has 2 atom stereocenters. The highest BCUT2D eigenvalue weighted by atomic mass is 32.2. The molecule has 1 unspecified atom stereocenters. The van der Waals surface area contributed by atoms with Crippen molar-refractivity contribution in [3.8, 4) is 0 Å². The molecular formula is C21H24N2O5S. The van der Waals surface area contributed by atoms with Gasteiger partial charge in [-0.3, -0.25) is 4.79 Å². The van der Waals surface area contributed by atoms with Gasteiger partial charge in [0.2, 0.25) is 15.9 Å². The van der Waals surface area contributed by atoms with Crippen molar-refractivity contribution in [2.45, 2.75) is 30.2 Å². The SMILES string of the molecule is O=C(N[C@@H](Cc1ccccc1)C(=O)O)C1CCCN(S(=O)(=O)c2ccccc2)C1. The van der Waals surface area contributed by atoms with Gasteiger partial charge in [-0.1, -0.05) is 48.5 Å². The van der Waals surface area contributed by atoms with E-state index in [9.17, 15) is 23.1 Å². The number of aliphatic carboxylic acids is 1. The molecule has 1 aliphatic heterocycles. The quantitative estimate of drug-likeness (QED) is 0.717. The number of carbonyl (C=O) groups is 2. The third-order valence-electron chi connectivity index (χ3n) is 5.03. The number of hydrogen-bond acceptors (Lipinski definition) is 4. The molecule has 1 fully saturated rings. The average molecular weight is 416 g/mol. The molecule has 0 radical (unpaired) electrons. The van der Waals surface area contributed by atoms with Crippen LogP contribution in [0.25, 0.3) is 0 Å². The number of carboxylic acids is 1. The van der Waals surface area contributed by atoms with Crippen LogP contribution in [0.2, 0.25) is 0 Å². The first kappa shape index (κ1) is 21.0. The molecule has 2 aromatic rings. The Morgan fingerprint density at radius 3 is 2.31 bits per heavy atom. The molecule has 1 amide bonds. The molecule has 1 heterocycles. The smallest absolute Gasteiger partial charge is 0.326 e. The maximum Gasteiger partial charge on any atom is 0.326 e. The van der Waals surface area contributed by atoms with Crippen molar-refractivity contribution in [3.05, 3.63) is 66.2 Å². The van der Waals surface area contributed by atoms with Crippen molar-refractivity contribution in [1.29, 1.82) is 0 Å². The lowest BCUT2D eigenvalue weighted by atomic mass is 9.97. The first-order chi connectivity index (χ1) is 13.9. The number of rotatable bonds is 7. The Kier molecular flexibility index (Phi) is 6.66. The van der Waals surface area contributed by atoms with Gasteiger partial charge in [0, 0.05) is 19.5 Å². The first-order valence-electron chi connectivity index (χ1n) is 9.50. The number of hydrogen-bond donors (Lipinski definition) is 2. The minimum Gasteiger partial charge on any atom is -0.480 e. The van der Waals surface area contributed by atoms with E-state index in [0.717, 1.165) is 5.56 Å². The van der Waals surface area contributed by atoms with Crippen molar-refractivity contribution in [1.82, 2.24) is 9.62 Å². The summed E-state index contributed by atoms with van der Waals surface area (Å²) in [5.41, 5.74) is 0.803. The Bertz CT molecular complexity index is 948. The van der Waals surface area contributed by atoms with Gasteiger partial charge in [-0.2, -0.15) is 4.31 Å². The lowest BCUT2D eigenvalue weighted by Crippen LogP contribution is -2.50. The summed E-state index contributed by atoms with van der Waals surface area (Å²) in [5, 5.41) is 12.1. The maximum absolute atomic E-state index is 12.8. The predicted molar refractivity (Wildman–Crippen MR) is 108 cm³/mol. The van der Waals surface area contributed by atoms with Crippen LogP contribution in [0, 0.1) is 5.92 Å². The third-order valence-corrected chi connectivity index (χ3v) is 6.91. The van der Waals surface area contributed by atoms with E-state index in [2.05, 4.69) is 5.32 Å². The second-order valence-corrected chi connectivity index (χ2v) is 9.04. The van der Waals surface area contributed by atoms with E-state index < -0.39 is 33.9 Å². The summed E-state index contributed by atoms with van der Waals surface area (Å²) in [7, 11) is -3.68. The summed E-state index contributed by atoms with van der Waals surface area (Å²) in [4.78, 5) is 24.5. The normalized spacial score (nSPS) is 18.7. The zero-order valence-corrected chi connectivity index (χ0v) is 16.7. The summed E-state index contributed by atoms with van der Waals surface area (Å²) >= 11 is 0. The van der Waals surface area contributed by atoms with Crippen molar-refractivity contribution in [2.75, 3.05) is 13.1 Å². The minimum atomic E-state index is -3.68. The number of piperidine rings is 1. The molecule has 0 spiro atoms. The van der Waals surface area contributed by atoms with E-state index in [4.69, 9.17) is 0 Å². The largest absolute Gasteiger partial charge is 0.480 e. The molecule has 2 N–H and O–H groups in total. The number of sulfonamides is 1. The van der Waals surface area contributed by atoms with Crippen LogP contribution in [0.4, 0.5) is 0 Å². The van der Waals surface area contributed by atoms with Crippen LogP contribution >= 0.6 is 0 Å². The first-order valence-corrected chi connectivity index (χ1v) is 10.9. The van der Waals surface area contributed by atoms with Crippen LogP contribution in [-0.2, 0) is 26.0 Å². The van der Waals surface area contributed by atoms with Crippen molar-refractivity contribution >= 4 is 21.9 Å². The summed E-state index contributed by atoms with van der Waals surface area (Å²) in [6, 6.07) is 16.1. The summed E-state index contributed by atoms with van der Waals surface area (Å²) < 4.78 is 27.0. The number of carbonyl (C=O) groups excluding carboxylic acids is 1. The van der Waals surface area contributed by atoms with E-state index in [1.165, 1.54) is 16.4 Å². The third kappa shape index (κ3) is 5.21. The van der Waals surface area contributed by atoms with Gasteiger partial charge in [-0.25, -0.2) is 13.2 Å². The Balaban J connectivity index is 1.68. The van der Waals surface area contributed by atoms with Gasteiger partial charge < -0.3 is 10.4 Å². The van der Waals surface area contributed by atoms with Crippen molar-refractivity contribution in [3.63, 3.8) is 0 Å². The zero-order chi connectivity index (χ0) is 20.9. The number of carboxylic acid groups (broad SMARTS) is 1. The summed E-state index contributed by atoms with van der Waals surface area (Å²) in [6.45, 7) is 0.383. The van der Waals surface area contributed by atoms with Crippen LogP contribution in [0.1, 0.15) is 18.4 Å². The van der Waals surface area contributed by atoms with E-state index in [1.807, 2.05) is 18.2 Å². The van der Waals surface area contributed by atoms with Crippen LogP contribution in [0.15, 0.2) is 65.6 Å². The fraction of sp³-hybridized carbons (Fsp3) is 0.333. The Morgan fingerprint density at radius 1 is 1.07 bits per heavy atom.